The number of aryl methyl sites for hydroxylation is 2. The third-order valence-electron chi connectivity index (χ3n) is 4.34. The quantitative estimate of drug-likeness (QED) is 0.899. The Hall–Kier alpha value is -2.15. The molecule has 3 rings (SSSR count). The number of carboxylic acids is 1. The fraction of sp³-hybridized carbons (Fsp3) is 0.438. The van der Waals surface area contributed by atoms with Crippen molar-refractivity contribution >= 4 is 39.1 Å². The van der Waals surface area contributed by atoms with Gasteiger partial charge in [0.1, 0.15) is 15.7 Å². The summed E-state index contributed by atoms with van der Waals surface area (Å²) in [6, 6.07) is 1.20. The Morgan fingerprint density at radius 1 is 1.52 bits per heavy atom. The first-order chi connectivity index (χ1) is 10.9. The van der Waals surface area contributed by atoms with E-state index in [1.807, 2.05) is 19.9 Å². The van der Waals surface area contributed by atoms with Gasteiger partial charge in [0.15, 0.2) is 0 Å². The van der Waals surface area contributed by atoms with Gasteiger partial charge in [0.25, 0.3) is 5.91 Å². The predicted octanol–water partition coefficient (Wildman–Crippen LogP) is 2.44. The van der Waals surface area contributed by atoms with Crippen molar-refractivity contribution < 1.29 is 14.7 Å². The molecule has 0 spiro atoms. The molecule has 1 fully saturated rings. The molecule has 0 bridgehead atoms. The van der Waals surface area contributed by atoms with E-state index in [1.54, 1.807) is 0 Å². The number of nitrogens with two attached hydrogens (primary N) is 1. The number of fused-ring (bicyclic) bond motifs is 1. The molecule has 1 aliphatic heterocycles. The Morgan fingerprint density at radius 2 is 2.26 bits per heavy atom. The fourth-order valence-electron chi connectivity index (χ4n) is 3.09. The highest BCUT2D eigenvalue weighted by Gasteiger charge is 2.36. The number of carbonyl (C=O) groups excluding carboxylic acids is 1. The maximum Gasteiger partial charge on any atom is 0.326 e. The van der Waals surface area contributed by atoms with Crippen molar-refractivity contribution in [1.29, 1.82) is 0 Å². The zero-order valence-electron chi connectivity index (χ0n) is 13.1. The van der Waals surface area contributed by atoms with Crippen LogP contribution in [0.3, 0.4) is 0 Å². The van der Waals surface area contributed by atoms with Gasteiger partial charge in [-0.25, -0.2) is 9.78 Å². The topological polar surface area (TPSA) is 96.5 Å². The number of anilines is 1. The molecule has 7 heteroatoms. The zero-order chi connectivity index (χ0) is 16.7. The molecule has 3 heterocycles. The molecule has 2 aromatic rings. The van der Waals surface area contributed by atoms with Crippen LogP contribution in [0.4, 0.5) is 5.69 Å². The minimum absolute atomic E-state index is 0.300. The maximum atomic E-state index is 12.8. The molecule has 6 nitrogen and oxygen atoms in total. The number of nitrogens with zero attached hydrogens (tertiary/aromatic N) is 2. The van der Waals surface area contributed by atoms with Gasteiger partial charge in [-0.1, -0.05) is 6.92 Å². The molecule has 0 saturated carbocycles. The number of aromatic nitrogens is 1. The summed E-state index contributed by atoms with van der Waals surface area (Å²) in [4.78, 5) is 31.2. The Balaban J connectivity index is 2.04. The van der Waals surface area contributed by atoms with Crippen LogP contribution >= 0.6 is 11.3 Å². The van der Waals surface area contributed by atoms with Crippen LogP contribution in [0, 0.1) is 6.92 Å². The third-order valence-corrected chi connectivity index (χ3v) is 5.45. The summed E-state index contributed by atoms with van der Waals surface area (Å²) in [7, 11) is 0. The van der Waals surface area contributed by atoms with Gasteiger partial charge in [-0.05, 0) is 37.8 Å². The normalized spacial score (nSPS) is 17.8. The Kier molecular flexibility index (Phi) is 3.97. The number of hydrogen-bond acceptors (Lipinski definition) is 5. The van der Waals surface area contributed by atoms with Crippen LogP contribution in [0.25, 0.3) is 10.2 Å². The van der Waals surface area contributed by atoms with E-state index in [4.69, 9.17) is 5.73 Å². The van der Waals surface area contributed by atoms with Gasteiger partial charge in [0, 0.05) is 17.6 Å². The molecule has 2 aromatic heterocycles. The van der Waals surface area contributed by atoms with Crippen molar-refractivity contribution in [3.63, 3.8) is 0 Å². The summed E-state index contributed by atoms with van der Waals surface area (Å²) in [5.74, 6) is -1.26. The molecule has 0 aromatic carbocycles. The van der Waals surface area contributed by atoms with Crippen LogP contribution in [0.2, 0.25) is 0 Å². The molecular weight excluding hydrogens is 314 g/mol. The number of carbonyl (C=O) groups is 2. The van der Waals surface area contributed by atoms with Gasteiger partial charge in [-0.2, -0.15) is 0 Å². The Morgan fingerprint density at radius 3 is 2.91 bits per heavy atom. The predicted molar refractivity (Wildman–Crippen MR) is 89.8 cm³/mol. The van der Waals surface area contributed by atoms with Gasteiger partial charge in [-0.15, -0.1) is 11.3 Å². The summed E-state index contributed by atoms with van der Waals surface area (Å²) in [6.45, 7) is 4.47. The minimum Gasteiger partial charge on any atom is -0.480 e. The molecule has 23 heavy (non-hydrogen) atoms. The molecular formula is C16H19N3O3S. The van der Waals surface area contributed by atoms with Gasteiger partial charge in [0.2, 0.25) is 0 Å². The van der Waals surface area contributed by atoms with E-state index in [9.17, 15) is 14.7 Å². The first-order valence-electron chi connectivity index (χ1n) is 7.66. The zero-order valence-corrected chi connectivity index (χ0v) is 13.9. The highest BCUT2D eigenvalue weighted by molar-refractivity contribution is 7.21. The van der Waals surface area contributed by atoms with Crippen LogP contribution < -0.4 is 5.73 Å². The number of thiophene rings is 1. The summed E-state index contributed by atoms with van der Waals surface area (Å²) in [6.07, 6.45) is 2.00. The van der Waals surface area contributed by atoms with Crippen molar-refractivity contribution in [2.45, 2.75) is 39.2 Å². The number of rotatable bonds is 3. The van der Waals surface area contributed by atoms with Crippen LogP contribution in [-0.4, -0.2) is 39.5 Å². The van der Waals surface area contributed by atoms with Crippen LogP contribution in [-0.2, 0) is 11.2 Å². The first-order valence-corrected chi connectivity index (χ1v) is 8.48. The van der Waals surface area contributed by atoms with Gasteiger partial charge in [0.05, 0.1) is 5.69 Å². The smallest absolute Gasteiger partial charge is 0.326 e. The van der Waals surface area contributed by atoms with E-state index in [1.165, 1.54) is 16.2 Å². The van der Waals surface area contributed by atoms with E-state index < -0.39 is 12.0 Å². The highest BCUT2D eigenvalue weighted by atomic mass is 32.1. The fourth-order valence-corrected chi connectivity index (χ4v) is 4.14. The second-order valence-corrected chi connectivity index (χ2v) is 6.80. The molecule has 1 aliphatic rings. The van der Waals surface area contributed by atoms with E-state index in [2.05, 4.69) is 4.98 Å². The largest absolute Gasteiger partial charge is 0.480 e. The van der Waals surface area contributed by atoms with Crippen molar-refractivity contribution in [3.8, 4) is 0 Å². The molecule has 0 radical (unpaired) electrons. The number of nitrogen functional groups attached to an aromatic ring is 1. The second kappa shape index (κ2) is 5.81. The average Bonchev–Trinajstić information content (AvgIpc) is 3.12. The lowest BCUT2D eigenvalue weighted by Gasteiger charge is -2.20. The Labute approximate surface area is 137 Å². The lowest BCUT2D eigenvalue weighted by atomic mass is 10.1. The molecule has 0 aliphatic carbocycles. The van der Waals surface area contributed by atoms with E-state index in [0.29, 0.717) is 30.0 Å². The molecule has 1 amide bonds. The maximum absolute atomic E-state index is 12.8. The molecule has 122 valence electrons. The van der Waals surface area contributed by atoms with Crippen LogP contribution in [0.1, 0.15) is 40.7 Å². The van der Waals surface area contributed by atoms with E-state index >= 15 is 0 Å². The average molecular weight is 333 g/mol. The summed E-state index contributed by atoms with van der Waals surface area (Å²) < 4.78 is 0. The number of pyridine rings is 1. The van der Waals surface area contributed by atoms with Crippen LogP contribution in [0.15, 0.2) is 6.07 Å². The summed E-state index contributed by atoms with van der Waals surface area (Å²) in [5.41, 5.74) is 8.61. The third kappa shape index (κ3) is 2.55. The summed E-state index contributed by atoms with van der Waals surface area (Å²) >= 11 is 1.25. The standard InChI is InChI=1S/C16H19N3O3S/c1-3-10-8(2)7-9-12(17)13(23-14(9)18-10)15(20)19-6-4-5-11(19)16(21)22/h7,11H,3-6,17H2,1-2H3,(H,21,22). The van der Waals surface area contributed by atoms with Crippen molar-refractivity contribution in [3.05, 3.63) is 22.2 Å². The first kappa shape index (κ1) is 15.7. The van der Waals surface area contributed by atoms with Crippen LogP contribution in [0.5, 0.6) is 0 Å². The number of likely N-dealkylation sites (tertiary alicyclic amines) is 1. The van der Waals surface area contributed by atoms with Gasteiger partial charge < -0.3 is 15.7 Å². The molecule has 1 unspecified atom stereocenters. The Bertz CT molecular complexity index is 799. The lowest BCUT2D eigenvalue weighted by molar-refractivity contribution is -0.141. The summed E-state index contributed by atoms with van der Waals surface area (Å²) in [5, 5.41) is 10.0. The second-order valence-electron chi connectivity index (χ2n) is 5.80. The van der Waals surface area contributed by atoms with Gasteiger partial charge >= 0.3 is 5.97 Å². The van der Waals surface area contributed by atoms with Crippen molar-refractivity contribution in [2.24, 2.45) is 0 Å². The highest BCUT2D eigenvalue weighted by Crippen LogP contribution is 2.35. The number of aliphatic carboxylic acids is 1. The SMILES string of the molecule is CCc1nc2sc(C(=O)N3CCCC3C(=O)O)c(N)c2cc1C. The number of amides is 1. The number of hydrogen-bond donors (Lipinski definition) is 2. The molecule has 3 N–H and O–H groups in total. The number of carboxylic acid groups (broad SMARTS) is 1. The van der Waals surface area contributed by atoms with Crippen molar-refractivity contribution in [1.82, 2.24) is 9.88 Å². The minimum atomic E-state index is -0.960. The van der Waals surface area contributed by atoms with Gasteiger partial charge in [-0.3, -0.25) is 4.79 Å². The lowest BCUT2D eigenvalue weighted by Crippen LogP contribution is -2.40. The molecule has 1 atom stereocenters. The van der Waals surface area contributed by atoms with E-state index in [-0.39, 0.29) is 5.91 Å². The molecule has 1 saturated heterocycles. The monoisotopic (exact) mass is 333 g/mol. The van der Waals surface area contributed by atoms with Crippen molar-refractivity contribution in [2.75, 3.05) is 12.3 Å². The van der Waals surface area contributed by atoms with E-state index in [0.717, 1.165) is 27.9 Å².